The number of alkyl halides is 4. The highest BCUT2D eigenvalue weighted by Crippen LogP contribution is 2.30. The number of hydrogen-bond donors (Lipinski definition) is 0. The van der Waals surface area contributed by atoms with Crippen LogP contribution in [0.25, 0.3) is 11.2 Å². The summed E-state index contributed by atoms with van der Waals surface area (Å²) in [6.07, 6.45) is 2.01. The highest BCUT2D eigenvalue weighted by Gasteiger charge is 2.34. The van der Waals surface area contributed by atoms with E-state index in [1.807, 2.05) is 0 Å². The van der Waals surface area contributed by atoms with E-state index in [0.29, 0.717) is 10.5 Å². The third kappa shape index (κ3) is 2.27. The zero-order valence-electron chi connectivity index (χ0n) is 10.3. The van der Waals surface area contributed by atoms with Gasteiger partial charge in [-0.05, 0) is 0 Å². The maximum atomic E-state index is 13.1. The summed E-state index contributed by atoms with van der Waals surface area (Å²) in [7, 11) is 0. The fourth-order valence-electron chi connectivity index (χ4n) is 2.18. The van der Waals surface area contributed by atoms with Gasteiger partial charge < -0.3 is 4.90 Å². The normalized spacial score (nSPS) is 18.9. The van der Waals surface area contributed by atoms with Crippen molar-refractivity contribution < 1.29 is 17.6 Å². The van der Waals surface area contributed by atoms with Crippen LogP contribution in [-0.2, 0) is 0 Å². The van der Waals surface area contributed by atoms with Crippen molar-refractivity contribution in [2.24, 2.45) is 0 Å². The molecule has 0 aromatic carbocycles. The molecule has 1 saturated heterocycles. The van der Waals surface area contributed by atoms with Gasteiger partial charge in [0.2, 0.25) is 0 Å². The second-order valence-corrected chi connectivity index (χ2v) is 4.65. The van der Waals surface area contributed by atoms with Crippen LogP contribution in [0.2, 0.25) is 0 Å². The van der Waals surface area contributed by atoms with Gasteiger partial charge in [-0.2, -0.15) is 18.6 Å². The number of piperidine rings is 1. The van der Waals surface area contributed by atoms with E-state index in [0.717, 1.165) is 0 Å². The van der Waals surface area contributed by atoms with E-state index >= 15 is 0 Å². The SMILES string of the molecule is FC(F)n1ncc2nc(N3CCC(F)(F)CC3)cnc21. The summed E-state index contributed by atoms with van der Waals surface area (Å²) >= 11 is 0. The van der Waals surface area contributed by atoms with Crippen LogP contribution in [0.3, 0.4) is 0 Å². The van der Waals surface area contributed by atoms with E-state index in [2.05, 4.69) is 15.1 Å². The number of nitrogens with zero attached hydrogens (tertiary/aromatic N) is 5. The minimum Gasteiger partial charge on any atom is -0.355 e. The lowest BCUT2D eigenvalue weighted by Gasteiger charge is -2.32. The molecule has 0 spiro atoms. The van der Waals surface area contributed by atoms with Gasteiger partial charge in [-0.15, -0.1) is 0 Å². The molecule has 2 aromatic heterocycles. The predicted molar refractivity (Wildman–Crippen MR) is 63.0 cm³/mol. The Morgan fingerprint density at radius 1 is 1.15 bits per heavy atom. The fraction of sp³-hybridized carbons (Fsp3) is 0.545. The summed E-state index contributed by atoms with van der Waals surface area (Å²) < 4.78 is 51.8. The van der Waals surface area contributed by atoms with E-state index in [1.165, 1.54) is 12.4 Å². The number of aromatic nitrogens is 4. The van der Waals surface area contributed by atoms with E-state index in [9.17, 15) is 17.6 Å². The molecule has 1 fully saturated rings. The van der Waals surface area contributed by atoms with Gasteiger partial charge in [0.15, 0.2) is 5.65 Å². The minimum absolute atomic E-state index is 0.0221. The van der Waals surface area contributed by atoms with Gasteiger partial charge in [0.25, 0.3) is 5.92 Å². The molecular formula is C11H11F4N5. The summed E-state index contributed by atoms with van der Waals surface area (Å²) in [4.78, 5) is 9.72. The molecule has 0 aliphatic carbocycles. The average molecular weight is 289 g/mol. The number of fused-ring (bicyclic) bond motifs is 1. The van der Waals surface area contributed by atoms with E-state index in [4.69, 9.17) is 0 Å². The number of hydrogen-bond acceptors (Lipinski definition) is 4. The van der Waals surface area contributed by atoms with Crippen molar-refractivity contribution in [2.75, 3.05) is 18.0 Å². The molecule has 9 heteroatoms. The summed E-state index contributed by atoms with van der Waals surface area (Å²) in [6.45, 7) is -2.46. The molecule has 1 aliphatic rings. The molecule has 20 heavy (non-hydrogen) atoms. The molecule has 0 bridgehead atoms. The summed E-state index contributed by atoms with van der Waals surface area (Å²) in [5.41, 5.74) is 0.200. The van der Waals surface area contributed by atoms with Crippen LogP contribution >= 0.6 is 0 Å². The average Bonchev–Trinajstić information content (AvgIpc) is 2.81. The molecule has 0 saturated carbocycles. The van der Waals surface area contributed by atoms with Crippen LogP contribution in [0.1, 0.15) is 19.4 Å². The first-order chi connectivity index (χ1) is 9.46. The van der Waals surface area contributed by atoms with Crippen molar-refractivity contribution in [1.29, 1.82) is 0 Å². The molecular weight excluding hydrogens is 278 g/mol. The Bertz CT molecular complexity index is 616. The van der Waals surface area contributed by atoms with Crippen molar-refractivity contribution in [3.8, 4) is 0 Å². The Hall–Kier alpha value is -1.93. The number of rotatable bonds is 2. The van der Waals surface area contributed by atoms with E-state index in [-0.39, 0.29) is 37.1 Å². The third-order valence-electron chi connectivity index (χ3n) is 3.29. The highest BCUT2D eigenvalue weighted by molar-refractivity contribution is 5.71. The quantitative estimate of drug-likeness (QED) is 0.797. The molecule has 0 unspecified atom stereocenters. The van der Waals surface area contributed by atoms with Crippen LogP contribution in [0.5, 0.6) is 0 Å². The van der Waals surface area contributed by atoms with Gasteiger partial charge in [0.05, 0.1) is 12.4 Å². The van der Waals surface area contributed by atoms with Gasteiger partial charge in [-0.25, -0.2) is 18.7 Å². The lowest BCUT2D eigenvalue weighted by molar-refractivity contribution is -0.0221. The Labute approximate surface area is 111 Å². The van der Waals surface area contributed by atoms with Crippen molar-refractivity contribution in [3.05, 3.63) is 12.4 Å². The Morgan fingerprint density at radius 2 is 1.85 bits per heavy atom. The van der Waals surface area contributed by atoms with Crippen molar-refractivity contribution in [1.82, 2.24) is 19.7 Å². The molecule has 0 amide bonds. The molecule has 108 valence electrons. The van der Waals surface area contributed by atoms with Crippen LogP contribution in [0.15, 0.2) is 12.4 Å². The molecule has 0 N–H and O–H groups in total. The summed E-state index contributed by atoms with van der Waals surface area (Å²) in [6, 6.07) is 0. The van der Waals surface area contributed by atoms with Gasteiger partial charge in [-0.3, -0.25) is 0 Å². The van der Waals surface area contributed by atoms with Crippen LogP contribution in [-0.4, -0.2) is 38.8 Å². The van der Waals surface area contributed by atoms with Crippen LogP contribution in [0, 0.1) is 0 Å². The van der Waals surface area contributed by atoms with Gasteiger partial charge in [0, 0.05) is 25.9 Å². The first kappa shape index (κ1) is 13.1. The zero-order valence-corrected chi connectivity index (χ0v) is 10.3. The van der Waals surface area contributed by atoms with Crippen molar-refractivity contribution in [3.63, 3.8) is 0 Å². The van der Waals surface area contributed by atoms with Gasteiger partial charge in [-0.1, -0.05) is 0 Å². The maximum absolute atomic E-state index is 13.1. The molecule has 2 aromatic rings. The van der Waals surface area contributed by atoms with Crippen molar-refractivity contribution in [2.45, 2.75) is 25.3 Å². The molecule has 5 nitrogen and oxygen atoms in total. The summed E-state index contributed by atoms with van der Waals surface area (Å²) in [5, 5.41) is 3.51. The van der Waals surface area contributed by atoms with Crippen molar-refractivity contribution >= 4 is 17.0 Å². The lowest BCUT2D eigenvalue weighted by atomic mass is 10.1. The zero-order chi connectivity index (χ0) is 14.3. The van der Waals surface area contributed by atoms with E-state index in [1.54, 1.807) is 4.90 Å². The van der Waals surface area contributed by atoms with Gasteiger partial charge >= 0.3 is 6.55 Å². The molecule has 0 atom stereocenters. The molecule has 0 radical (unpaired) electrons. The third-order valence-corrected chi connectivity index (χ3v) is 3.29. The van der Waals surface area contributed by atoms with Crippen LogP contribution < -0.4 is 4.90 Å². The second-order valence-electron chi connectivity index (χ2n) is 4.65. The largest absolute Gasteiger partial charge is 0.355 e. The highest BCUT2D eigenvalue weighted by atomic mass is 19.3. The Kier molecular flexibility index (Phi) is 2.98. The molecule has 1 aliphatic heterocycles. The first-order valence-corrected chi connectivity index (χ1v) is 6.07. The van der Waals surface area contributed by atoms with E-state index < -0.39 is 12.5 Å². The minimum atomic E-state index is -2.79. The monoisotopic (exact) mass is 289 g/mol. The fourth-order valence-corrected chi connectivity index (χ4v) is 2.18. The number of halogens is 4. The Balaban J connectivity index is 1.87. The van der Waals surface area contributed by atoms with Crippen LogP contribution in [0.4, 0.5) is 23.4 Å². The second kappa shape index (κ2) is 4.57. The molecule has 3 heterocycles. The standard InChI is InChI=1S/C11H11F4N5/c12-10(13)20-9-7(5-17-20)18-8(6-16-9)19-3-1-11(14,15)2-4-19/h5-6,10H,1-4H2. The maximum Gasteiger partial charge on any atom is 0.335 e. The van der Waals surface area contributed by atoms with Gasteiger partial charge in [0.1, 0.15) is 11.3 Å². The first-order valence-electron chi connectivity index (χ1n) is 6.07. The smallest absolute Gasteiger partial charge is 0.335 e. The molecule has 3 rings (SSSR count). The lowest BCUT2D eigenvalue weighted by Crippen LogP contribution is -2.39. The summed E-state index contributed by atoms with van der Waals surface area (Å²) in [5.74, 6) is -2.24. The number of anilines is 1. The predicted octanol–water partition coefficient (Wildman–Crippen LogP) is 2.46. The topological polar surface area (TPSA) is 46.8 Å². The Morgan fingerprint density at radius 3 is 2.50 bits per heavy atom.